The molecule has 3 rings (SSSR count). The summed E-state index contributed by atoms with van der Waals surface area (Å²) < 4.78 is 36.0. The van der Waals surface area contributed by atoms with Crippen LogP contribution < -0.4 is 14.8 Å². The highest BCUT2D eigenvalue weighted by atomic mass is 32.2. The van der Waals surface area contributed by atoms with Gasteiger partial charge in [-0.25, -0.2) is 13.4 Å². The van der Waals surface area contributed by atoms with Gasteiger partial charge in [-0.05, 0) is 24.3 Å². The number of carbonyl (C=O) groups excluding carboxylic acids is 1. The third-order valence-electron chi connectivity index (χ3n) is 3.88. The van der Waals surface area contributed by atoms with Gasteiger partial charge in [-0.3, -0.25) is 9.52 Å². The highest BCUT2D eigenvalue weighted by Crippen LogP contribution is 2.19. The van der Waals surface area contributed by atoms with Gasteiger partial charge in [0.2, 0.25) is 15.9 Å². The van der Waals surface area contributed by atoms with Crippen molar-refractivity contribution < 1.29 is 22.7 Å². The van der Waals surface area contributed by atoms with Gasteiger partial charge in [0.1, 0.15) is 6.10 Å². The molecule has 1 aromatic carbocycles. The summed E-state index contributed by atoms with van der Waals surface area (Å²) in [6.07, 6.45) is 4.23. The summed E-state index contributed by atoms with van der Waals surface area (Å²) >= 11 is 0. The van der Waals surface area contributed by atoms with Crippen LogP contribution in [-0.4, -0.2) is 44.9 Å². The Morgan fingerprint density at radius 3 is 2.59 bits per heavy atom. The molecule has 0 aliphatic carbocycles. The number of nitrogens with one attached hydrogen (secondary N) is 2. The Hall–Kier alpha value is -2.65. The smallest absolute Gasteiger partial charge is 0.257 e. The normalized spacial score (nSPS) is 15.1. The standard InChI is InChI=1S/C18H21N3O5S/c1-27(23,24)21-15-4-2-3-14(11-15)20-18(22)13-5-6-17(19-12-13)26-16-7-9-25-10-8-16/h2-6,11-12,16,21H,7-10H2,1H3,(H,20,22). The maximum absolute atomic E-state index is 12.4. The number of amides is 1. The Morgan fingerprint density at radius 1 is 1.19 bits per heavy atom. The summed E-state index contributed by atoms with van der Waals surface area (Å²) in [5.41, 5.74) is 1.21. The molecule has 144 valence electrons. The Labute approximate surface area is 158 Å². The van der Waals surface area contributed by atoms with Crippen LogP contribution in [0.25, 0.3) is 0 Å². The van der Waals surface area contributed by atoms with E-state index >= 15 is 0 Å². The molecule has 1 aliphatic heterocycles. The number of carbonyl (C=O) groups is 1. The molecule has 1 aromatic heterocycles. The molecule has 27 heavy (non-hydrogen) atoms. The number of aromatic nitrogens is 1. The molecule has 2 aromatic rings. The first-order chi connectivity index (χ1) is 12.9. The SMILES string of the molecule is CS(=O)(=O)Nc1cccc(NC(=O)c2ccc(OC3CCOCC3)nc2)c1. The molecule has 0 atom stereocenters. The van der Waals surface area contributed by atoms with Crippen molar-refractivity contribution in [2.24, 2.45) is 0 Å². The second-order valence-electron chi connectivity index (χ2n) is 6.22. The number of nitrogens with zero attached hydrogens (tertiary/aromatic N) is 1. The zero-order valence-corrected chi connectivity index (χ0v) is 15.7. The number of benzene rings is 1. The van der Waals surface area contributed by atoms with E-state index in [4.69, 9.17) is 9.47 Å². The van der Waals surface area contributed by atoms with E-state index in [9.17, 15) is 13.2 Å². The Balaban J connectivity index is 1.61. The number of anilines is 2. The van der Waals surface area contributed by atoms with Crippen LogP contribution in [0, 0.1) is 0 Å². The zero-order chi connectivity index (χ0) is 19.3. The van der Waals surface area contributed by atoms with Crippen molar-refractivity contribution in [3.8, 4) is 5.88 Å². The Bertz CT molecular complexity index is 893. The minimum Gasteiger partial charge on any atom is -0.474 e. The molecule has 1 saturated heterocycles. The van der Waals surface area contributed by atoms with Crippen molar-refractivity contribution >= 4 is 27.3 Å². The highest BCUT2D eigenvalue weighted by Gasteiger charge is 2.16. The van der Waals surface area contributed by atoms with E-state index in [0.717, 1.165) is 19.1 Å². The topological polar surface area (TPSA) is 107 Å². The average Bonchev–Trinajstić information content (AvgIpc) is 2.62. The lowest BCUT2D eigenvalue weighted by molar-refractivity contribution is 0.0237. The summed E-state index contributed by atoms with van der Waals surface area (Å²) in [5.74, 6) is 0.120. The van der Waals surface area contributed by atoms with E-state index in [1.54, 1.807) is 30.3 Å². The predicted octanol–water partition coefficient (Wildman–Crippen LogP) is 2.26. The van der Waals surface area contributed by atoms with Crippen LogP contribution in [0.1, 0.15) is 23.2 Å². The number of sulfonamides is 1. The molecule has 1 aliphatic rings. The van der Waals surface area contributed by atoms with Crippen LogP contribution in [0.2, 0.25) is 0 Å². The molecule has 0 saturated carbocycles. The van der Waals surface area contributed by atoms with Crippen molar-refractivity contribution in [3.63, 3.8) is 0 Å². The van der Waals surface area contributed by atoms with E-state index in [0.29, 0.717) is 36.0 Å². The van der Waals surface area contributed by atoms with Crippen LogP contribution >= 0.6 is 0 Å². The monoisotopic (exact) mass is 391 g/mol. The Kier molecular flexibility index (Phi) is 5.92. The molecule has 1 fully saturated rings. The van der Waals surface area contributed by atoms with Gasteiger partial charge >= 0.3 is 0 Å². The van der Waals surface area contributed by atoms with E-state index in [2.05, 4.69) is 15.0 Å². The number of rotatable bonds is 6. The van der Waals surface area contributed by atoms with Gasteiger partial charge in [0.15, 0.2) is 0 Å². The molecule has 0 spiro atoms. The van der Waals surface area contributed by atoms with Gasteiger partial charge in [0, 0.05) is 30.8 Å². The van der Waals surface area contributed by atoms with Gasteiger partial charge < -0.3 is 14.8 Å². The van der Waals surface area contributed by atoms with Crippen molar-refractivity contribution in [1.82, 2.24) is 4.98 Å². The number of hydrogen-bond acceptors (Lipinski definition) is 6. The van der Waals surface area contributed by atoms with Gasteiger partial charge in [0.25, 0.3) is 5.91 Å². The van der Waals surface area contributed by atoms with Crippen LogP contribution in [0.3, 0.4) is 0 Å². The number of hydrogen-bond donors (Lipinski definition) is 2. The van der Waals surface area contributed by atoms with Crippen LogP contribution in [0.5, 0.6) is 5.88 Å². The molecule has 2 N–H and O–H groups in total. The van der Waals surface area contributed by atoms with Crippen LogP contribution in [0.15, 0.2) is 42.6 Å². The first kappa shape index (κ1) is 19.1. The molecule has 1 amide bonds. The predicted molar refractivity (Wildman–Crippen MR) is 102 cm³/mol. The molecular formula is C18H21N3O5S. The molecule has 0 bridgehead atoms. The summed E-state index contributed by atoms with van der Waals surface area (Å²) in [7, 11) is -3.39. The fourth-order valence-electron chi connectivity index (χ4n) is 2.63. The van der Waals surface area contributed by atoms with Gasteiger partial charge in [-0.2, -0.15) is 0 Å². The van der Waals surface area contributed by atoms with E-state index in [-0.39, 0.29) is 12.0 Å². The van der Waals surface area contributed by atoms with E-state index in [1.807, 2.05) is 0 Å². The maximum atomic E-state index is 12.4. The van der Waals surface area contributed by atoms with Crippen molar-refractivity contribution in [1.29, 1.82) is 0 Å². The molecular weight excluding hydrogens is 370 g/mol. The van der Waals surface area contributed by atoms with Crippen LogP contribution in [-0.2, 0) is 14.8 Å². The summed E-state index contributed by atoms with van der Waals surface area (Å²) in [4.78, 5) is 16.6. The van der Waals surface area contributed by atoms with Crippen molar-refractivity contribution in [2.75, 3.05) is 29.5 Å². The molecule has 2 heterocycles. The minimum atomic E-state index is -3.39. The zero-order valence-electron chi connectivity index (χ0n) is 14.8. The fourth-order valence-corrected chi connectivity index (χ4v) is 3.18. The summed E-state index contributed by atoms with van der Waals surface area (Å²) in [6, 6.07) is 9.74. The first-order valence-electron chi connectivity index (χ1n) is 8.49. The third kappa shape index (κ3) is 5.93. The molecule has 0 unspecified atom stereocenters. The van der Waals surface area contributed by atoms with Crippen LogP contribution in [0.4, 0.5) is 11.4 Å². The minimum absolute atomic E-state index is 0.0796. The second-order valence-corrected chi connectivity index (χ2v) is 7.97. The van der Waals surface area contributed by atoms with Crippen molar-refractivity contribution in [3.05, 3.63) is 48.2 Å². The lowest BCUT2D eigenvalue weighted by atomic mass is 10.1. The average molecular weight is 391 g/mol. The molecule has 8 nitrogen and oxygen atoms in total. The van der Waals surface area contributed by atoms with Gasteiger partial charge in [-0.1, -0.05) is 6.07 Å². The fraction of sp³-hybridized carbons (Fsp3) is 0.333. The lowest BCUT2D eigenvalue weighted by Crippen LogP contribution is -2.26. The highest BCUT2D eigenvalue weighted by molar-refractivity contribution is 7.92. The first-order valence-corrected chi connectivity index (χ1v) is 10.4. The van der Waals surface area contributed by atoms with Gasteiger partial charge in [0.05, 0.1) is 30.7 Å². The largest absolute Gasteiger partial charge is 0.474 e. The van der Waals surface area contributed by atoms with Crippen molar-refractivity contribution in [2.45, 2.75) is 18.9 Å². The van der Waals surface area contributed by atoms with Gasteiger partial charge in [-0.15, -0.1) is 0 Å². The summed E-state index contributed by atoms with van der Waals surface area (Å²) in [6.45, 7) is 1.36. The number of pyridine rings is 1. The second kappa shape index (κ2) is 8.36. The number of ether oxygens (including phenoxy) is 2. The molecule has 0 radical (unpaired) electrons. The maximum Gasteiger partial charge on any atom is 0.257 e. The third-order valence-corrected chi connectivity index (χ3v) is 4.48. The quantitative estimate of drug-likeness (QED) is 0.782. The Morgan fingerprint density at radius 2 is 1.93 bits per heavy atom. The van der Waals surface area contributed by atoms with E-state index < -0.39 is 10.0 Å². The summed E-state index contributed by atoms with van der Waals surface area (Å²) in [5, 5.41) is 2.71. The lowest BCUT2D eigenvalue weighted by Gasteiger charge is -2.22. The molecule has 9 heteroatoms. The van der Waals surface area contributed by atoms with E-state index in [1.165, 1.54) is 12.3 Å².